The number of nitrogens with zero attached hydrogens (tertiary/aromatic N) is 6. The van der Waals surface area contributed by atoms with Crippen LogP contribution >= 0.6 is 11.8 Å². The van der Waals surface area contributed by atoms with Gasteiger partial charge in [-0.2, -0.15) is 4.99 Å². The van der Waals surface area contributed by atoms with Crippen molar-refractivity contribution in [3.63, 3.8) is 0 Å². The number of hydrogen-bond donors (Lipinski definition) is 1. The summed E-state index contributed by atoms with van der Waals surface area (Å²) in [6, 6.07) is 17.1. The van der Waals surface area contributed by atoms with Crippen LogP contribution in [-0.2, 0) is 4.79 Å². The number of ether oxygens (including phenoxy) is 1. The maximum Gasteiger partial charge on any atom is 0.573 e. The molecule has 1 aliphatic rings. The summed E-state index contributed by atoms with van der Waals surface area (Å²) in [5.41, 5.74) is 4.06. The Bertz CT molecular complexity index is 1650. The second-order valence-electron chi connectivity index (χ2n) is 9.36. The number of amidine groups is 1. The van der Waals surface area contributed by atoms with Crippen molar-refractivity contribution in [3.8, 4) is 22.8 Å². The minimum atomic E-state index is -4.77. The number of nitrogens with one attached hydrogen (secondary N) is 1. The predicted octanol–water partition coefficient (Wildman–Crippen LogP) is 5.88. The molecule has 1 fully saturated rings. The van der Waals surface area contributed by atoms with Gasteiger partial charge in [0.25, 0.3) is 0 Å². The number of anilines is 3. The van der Waals surface area contributed by atoms with Crippen LogP contribution in [0.15, 0.2) is 78.0 Å². The zero-order valence-electron chi connectivity index (χ0n) is 22.6. The van der Waals surface area contributed by atoms with Crippen molar-refractivity contribution in [2.24, 2.45) is 4.99 Å². The summed E-state index contributed by atoms with van der Waals surface area (Å²) in [6.45, 7) is 1.93. The molecule has 0 saturated carbocycles. The van der Waals surface area contributed by atoms with Gasteiger partial charge in [-0.05, 0) is 73.2 Å². The van der Waals surface area contributed by atoms with Crippen molar-refractivity contribution in [2.75, 3.05) is 35.0 Å². The molecule has 0 spiro atoms. The first-order valence-electron chi connectivity index (χ1n) is 12.5. The molecule has 0 bridgehead atoms. The second kappa shape index (κ2) is 11.6. The van der Waals surface area contributed by atoms with Crippen LogP contribution in [0.4, 0.5) is 35.0 Å². The van der Waals surface area contributed by atoms with Crippen molar-refractivity contribution < 1.29 is 27.5 Å². The van der Waals surface area contributed by atoms with E-state index in [0.717, 1.165) is 11.3 Å². The molecule has 2 heterocycles. The zero-order chi connectivity index (χ0) is 30.0. The van der Waals surface area contributed by atoms with E-state index >= 15 is 0 Å². The number of urea groups is 1. The van der Waals surface area contributed by atoms with Gasteiger partial charge in [-0.15, -0.1) is 18.3 Å². The van der Waals surface area contributed by atoms with E-state index in [1.54, 1.807) is 24.3 Å². The fourth-order valence-electron chi connectivity index (χ4n) is 4.13. The largest absolute Gasteiger partial charge is 0.573 e. The number of aryl methyl sites for hydroxylation is 1. The number of carbonyl (C=O) groups is 2. The van der Waals surface area contributed by atoms with Crippen LogP contribution in [0.25, 0.3) is 17.1 Å². The molecule has 42 heavy (non-hydrogen) atoms. The Kier molecular flexibility index (Phi) is 7.89. The fraction of sp³-hybridized carbons (Fsp3) is 0.179. The van der Waals surface area contributed by atoms with Gasteiger partial charge in [0, 0.05) is 25.3 Å². The molecular formula is C28H24F3N7O3S. The smallest absolute Gasteiger partial charge is 0.406 e. The Labute approximate surface area is 242 Å². The van der Waals surface area contributed by atoms with Crippen LogP contribution in [0.2, 0.25) is 0 Å². The fourth-order valence-corrected chi connectivity index (χ4v) is 4.99. The third kappa shape index (κ3) is 6.54. The molecule has 0 aliphatic carbocycles. The Morgan fingerprint density at radius 3 is 2.45 bits per heavy atom. The lowest BCUT2D eigenvalue weighted by atomic mass is 10.1. The van der Waals surface area contributed by atoms with Crippen molar-refractivity contribution in [1.29, 1.82) is 0 Å². The van der Waals surface area contributed by atoms with E-state index in [9.17, 15) is 22.8 Å². The molecular weight excluding hydrogens is 571 g/mol. The summed E-state index contributed by atoms with van der Waals surface area (Å²) in [7, 11) is 3.76. The summed E-state index contributed by atoms with van der Waals surface area (Å²) >= 11 is 1.19. The number of rotatable bonds is 6. The number of aliphatic imine (C=N–C) groups is 1. The first-order valence-corrected chi connectivity index (χ1v) is 13.5. The maximum absolute atomic E-state index is 12.8. The lowest BCUT2D eigenvalue weighted by molar-refractivity contribution is -0.274. The van der Waals surface area contributed by atoms with E-state index in [0.29, 0.717) is 28.5 Å². The Morgan fingerprint density at radius 2 is 1.79 bits per heavy atom. The molecule has 3 amide bonds. The van der Waals surface area contributed by atoms with Gasteiger partial charge >= 0.3 is 12.4 Å². The van der Waals surface area contributed by atoms with E-state index < -0.39 is 12.4 Å². The molecule has 0 unspecified atom stereocenters. The number of halogens is 3. The van der Waals surface area contributed by atoms with Crippen molar-refractivity contribution in [2.45, 2.75) is 13.3 Å². The number of carbonyl (C=O) groups excluding carboxylic acids is 2. The van der Waals surface area contributed by atoms with Crippen molar-refractivity contribution in [1.82, 2.24) is 14.8 Å². The summed E-state index contributed by atoms with van der Waals surface area (Å²) in [6.07, 6.45) is -3.34. The zero-order valence-corrected chi connectivity index (χ0v) is 23.4. The number of benzene rings is 3. The highest BCUT2D eigenvalue weighted by molar-refractivity contribution is 8.15. The van der Waals surface area contributed by atoms with E-state index in [4.69, 9.17) is 0 Å². The molecule has 10 nitrogen and oxygen atoms in total. The number of amides is 3. The van der Waals surface area contributed by atoms with Crippen molar-refractivity contribution >= 4 is 45.9 Å². The van der Waals surface area contributed by atoms with Gasteiger partial charge in [0.1, 0.15) is 12.1 Å². The SMILES string of the molecule is Cc1ccc(N(C)C)c(N2C(=O)CSC2=NC(=O)Nc2ccc(-c3ncn(-c4ccc(OC(F)(F)F)cc4)n3)cc2)c1. The Morgan fingerprint density at radius 1 is 1.07 bits per heavy atom. The number of aromatic nitrogens is 3. The Balaban J connectivity index is 1.27. The van der Waals surface area contributed by atoms with Gasteiger partial charge in [-0.3, -0.25) is 9.69 Å². The molecule has 0 atom stereocenters. The highest BCUT2D eigenvalue weighted by Gasteiger charge is 2.33. The number of alkyl halides is 3. The van der Waals surface area contributed by atoms with Gasteiger partial charge in [-0.1, -0.05) is 17.8 Å². The first-order chi connectivity index (χ1) is 20.0. The molecule has 1 aliphatic heterocycles. The van der Waals surface area contributed by atoms with Gasteiger partial charge in [0.15, 0.2) is 11.0 Å². The van der Waals surface area contributed by atoms with Crippen LogP contribution in [0, 0.1) is 6.92 Å². The summed E-state index contributed by atoms with van der Waals surface area (Å²) < 4.78 is 42.5. The molecule has 1 saturated heterocycles. The molecule has 216 valence electrons. The highest BCUT2D eigenvalue weighted by atomic mass is 32.2. The first kappa shape index (κ1) is 28.7. The summed E-state index contributed by atoms with van der Waals surface area (Å²) in [5, 5.41) is 7.37. The monoisotopic (exact) mass is 595 g/mol. The van der Waals surface area contributed by atoms with Crippen LogP contribution in [0.5, 0.6) is 5.75 Å². The molecule has 3 aromatic carbocycles. The normalized spacial score (nSPS) is 14.4. The highest BCUT2D eigenvalue weighted by Crippen LogP contribution is 2.35. The predicted molar refractivity (Wildman–Crippen MR) is 155 cm³/mol. The van der Waals surface area contributed by atoms with Gasteiger partial charge in [0.05, 0.1) is 22.8 Å². The topological polar surface area (TPSA) is 105 Å². The van der Waals surface area contributed by atoms with E-state index in [1.807, 2.05) is 44.1 Å². The number of hydrogen-bond acceptors (Lipinski definition) is 7. The molecule has 5 rings (SSSR count). The van der Waals surface area contributed by atoms with Gasteiger partial charge < -0.3 is 15.0 Å². The van der Waals surface area contributed by atoms with E-state index in [-0.39, 0.29) is 22.6 Å². The molecule has 4 aromatic rings. The quantitative estimate of drug-likeness (QED) is 0.297. The third-order valence-electron chi connectivity index (χ3n) is 6.04. The van der Waals surface area contributed by atoms with E-state index in [1.165, 1.54) is 51.9 Å². The van der Waals surface area contributed by atoms with Crippen LogP contribution in [0.1, 0.15) is 5.56 Å². The third-order valence-corrected chi connectivity index (χ3v) is 6.96. The Hall–Kier alpha value is -4.85. The van der Waals surface area contributed by atoms with Gasteiger partial charge in [0.2, 0.25) is 5.91 Å². The summed E-state index contributed by atoms with van der Waals surface area (Å²) in [4.78, 5) is 37.3. The maximum atomic E-state index is 12.8. The van der Waals surface area contributed by atoms with Crippen LogP contribution < -0.4 is 19.9 Å². The van der Waals surface area contributed by atoms with E-state index in [2.05, 4.69) is 25.1 Å². The minimum Gasteiger partial charge on any atom is -0.406 e. The summed E-state index contributed by atoms with van der Waals surface area (Å²) in [5.74, 6) is 0.0399. The minimum absolute atomic E-state index is 0.165. The average Bonchev–Trinajstić information content (AvgIpc) is 3.55. The molecule has 14 heteroatoms. The molecule has 0 radical (unpaired) electrons. The van der Waals surface area contributed by atoms with Crippen LogP contribution in [0.3, 0.4) is 0 Å². The van der Waals surface area contributed by atoms with Crippen LogP contribution in [-0.4, -0.2) is 58.1 Å². The standard InChI is InChI=1S/C28H24F3N7O3S/c1-17-4-13-22(36(2)3)23(14-17)38-24(39)15-42-27(38)34-26(40)33-19-7-5-18(6-8-19)25-32-16-37(35-25)20-9-11-21(12-10-20)41-28(29,30)31/h4-14,16H,15H2,1-3H3,(H,33,40). The average molecular weight is 596 g/mol. The molecule has 1 N–H and O–H groups in total. The second-order valence-corrected chi connectivity index (χ2v) is 10.3. The molecule has 1 aromatic heterocycles. The lowest BCUT2D eigenvalue weighted by Crippen LogP contribution is -2.31. The lowest BCUT2D eigenvalue weighted by Gasteiger charge is -2.24. The number of thioether (sulfide) groups is 1. The van der Waals surface area contributed by atoms with Gasteiger partial charge in [-0.25, -0.2) is 14.5 Å². The van der Waals surface area contributed by atoms with Crippen molar-refractivity contribution in [3.05, 3.63) is 78.6 Å².